The van der Waals surface area contributed by atoms with Gasteiger partial charge >= 0.3 is 0 Å². The average molecular weight is 456 g/mol. The molecule has 1 heterocycles. The van der Waals surface area contributed by atoms with Gasteiger partial charge in [0.15, 0.2) is 5.60 Å². The summed E-state index contributed by atoms with van der Waals surface area (Å²) in [7, 11) is 1.40. The van der Waals surface area contributed by atoms with Gasteiger partial charge in [-0.15, -0.1) is 0 Å². The van der Waals surface area contributed by atoms with Crippen molar-refractivity contribution in [1.29, 1.82) is 0 Å². The van der Waals surface area contributed by atoms with Crippen LogP contribution < -0.4 is 10.1 Å². The fourth-order valence-electron chi connectivity index (χ4n) is 3.27. The highest BCUT2D eigenvalue weighted by molar-refractivity contribution is 6.32. The molecule has 0 bridgehead atoms. The van der Waals surface area contributed by atoms with Crippen molar-refractivity contribution >= 4 is 17.5 Å². The van der Waals surface area contributed by atoms with Gasteiger partial charge in [-0.25, -0.2) is 4.39 Å². The van der Waals surface area contributed by atoms with Crippen LogP contribution in [0.1, 0.15) is 17.3 Å². The second kappa shape index (κ2) is 9.07. The SMILES string of the molecule is CNC(=O)c1cc(-c2ccc(O[C@H]3O[C@H](CO)[C@@H](O)[C@H](O)[C@]3(C)O)c(Cl)c2)ccc1F. The molecule has 1 aliphatic rings. The highest BCUT2D eigenvalue weighted by Gasteiger charge is 2.53. The van der Waals surface area contributed by atoms with Gasteiger partial charge < -0.3 is 35.2 Å². The number of carbonyl (C=O) groups is 1. The molecule has 1 saturated heterocycles. The number of amides is 1. The molecule has 0 aliphatic carbocycles. The Hall–Kier alpha value is -2.27. The van der Waals surface area contributed by atoms with Gasteiger partial charge in [-0.05, 0) is 42.3 Å². The molecule has 0 aromatic heterocycles. The minimum atomic E-state index is -1.99. The van der Waals surface area contributed by atoms with Crippen molar-refractivity contribution in [3.8, 4) is 16.9 Å². The van der Waals surface area contributed by atoms with E-state index in [0.717, 1.165) is 0 Å². The van der Waals surface area contributed by atoms with Crippen molar-refractivity contribution in [3.63, 3.8) is 0 Å². The summed E-state index contributed by atoms with van der Waals surface area (Å²) in [5.41, 5.74) is -1.01. The summed E-state index contributed by atoms with van der Waals surface area (Å²) in [5.74, 6) is -1.13. The topological polar surface area (TPSA) is 128 Å². The van der Waals surface area contributed by atoms with Crippen LogP contribution in [0.3, 0.4) is 0 Å². The molecule has 0 radical (unpaired) electrons. The minimum Gasteiger partial charge on any atom is -0.460 e. The predicted molar refractivity (Wildman–Crippen MR) is 109 cm³/mol. The van der Waals surface area contributed by atoms with Gasteiger partial charge in [0.05, 0.1) is 17.2 Å². The first kappa shape index (κ1) is 23.4. The van der Waals surface area contributed by atoms with Gasteiger partial charge in [0.1, 0.15) is 29.9 Å². The van der Waals surface area contributed by atoms with E-state index in [4.69, 9.17) is 21.1 Å². The van der Waals surface area contributed by atoms with Gasteiger partial charge in [0.25, 0.3) is 5.91 Å². The van der Waals surface area contributed by atoms with Crippen LogP contribution in [0.4, 0.5) is 4.39 Å². The van der Waals surface area contributed by atoms with E-state index < -0.39 is 48.5 Å². The second-order valence-electron chi connectivity index (χ2n) is 7.39. The number of hydrogen-bond acceptors (Lipinski definition) is 7. The second-order valence-corrected chi connectivity index (χ2v) is 7.79. The Morgan fingerprint density at radius 3 is 2.52 bits per heavy atom. The third kappa shape index (κ3) is 4.52. The van der Waals surface area contributed by atoms with E-state index in [1.54, 1.807) is 6.07 Å². The molecule has 3 rings (SSSR count). The highest BCUT2D eigenvalue weighted by Crippen LogP contribution is 2.36. The number of halogens is 2. The zero-order chi connectivity index (χ0) is 22.9. The summed E-state index contributed by atoms with van der Waals surface area (Å²) >= 11 is 6.31. The number of benzene rings is 2. The van der Waals surface area contributed by atoms with E-state index in [1.807, 2.05) is 0 Å². The smallest absolute Gasteiger partial charge is 0.254 e. The molecule has 8 nitrogen and oxygen atoms in total. The maximum absolute atomic E-state index is 13.9. The number of aliphatic hydroxyl groups excluding tert-OH is 3. The van der Waals surface area contributed by atoms with Crippen LogP contribution in [0.25, 0.3) is 11.1 Å². The Kier molecular flexibility index (Phi) is 6.85. The van der Waals surface area contributed by atoms with Gasteiger partial charge in [-0.3, -0.25) is 4.79 Å². The molecule has 1 amide bonds. The lowest BCUT2D eigenvalue weighted by Gasteiger charge is -2.45. The lowest BCUT2D eigenvalue weighted by atomic mass is 9.88. The van der Waals surface area contributed by atoms with E-state index in [-0.39, 0.29) is 16.3 Å². The molecule has 1 fully saturated rings. The molecule has 5 atom stereocenters. The Labute approximate surface area is 182 Å². The van der Waals surface area contributed by atoms with Gasteiger partial charge in [0.2, 0.25) is 6.29 Å². The third-order valence-corrected chi connectivity index (χ3v) is 5.49. The van der Waals surface area contributed by atoms with E-state index in [9.17, 15) is 29.6 Å². The number of nitrogens with one attached hydrogen (secondary N) is 1. The number of ether oxygens (including phenoxy) is 2. The number of aliphatic hydroxyl groups is 4. The summed E-state index contributed by atoms with van der Waals surface area (Å²) in [6.45, 7) is 0.624. The van der Waals surface area contributed by atoms with Crippen LogP contribution in [-0.2, 0) is 4.74 Å². The predicted octanol–water partition coefficient (Wildman–Crippen LogP) is 1.07. The van der Waals surface area contributed by atoms with Crippen molar-refractivity contribution in [1.82, 2.24) is 5.32 Å². The Morgan fingerprint density at radius 2 is 1.90 bits per heavy atom. The molecule has 5 N–H and O–H groups in total. The monoisotopic (exact) mass is 455 g/mol. The molecule has 0 unspecified atom stereocenters. The molecule has 1 aliphatic heterocycles. The zero-order valence-corrected chi connectivity index (χ0v) is 17.5. The lowest BCUT2D eigenvalue weighted by Crippen LogP contribution is -2.66. The normalized spacial score (nSPS) is 28.3. The molecule has 2 aromatic rings. The van der Waals surface area contributed by atoms with Gasteiger partial charge in [-0.2, -0.15) is 0 Å². The molecule has 31 heavy (non-hydrogen) atoms. The molecular weight excluding hydrogens is 433 g/mol. The quantitative estimate of drug-likeness (QED) is 0.456. The van der Waals surface area contributed by atoms with Crippen LogP contribution in [-0.4, -0.2) is 70.2 Å². The minimum absolute atomic E-state index is 0.101. The van der Waals surface area contributed by atoms with Crippen LogP contribution in [0.2, 0.25) is 5.02 Å². The summed E-state index contributed by atoms with van der Waals surface area (Å²) in [6, 6.07) is 8.66. The highest BCUT2D eigenvalue weighted by atomic mass is 35.5. The molecule has 10 heteroatoms. The molecule has 2 aromatic carbocycles. The maximum Gasteiger partial charge on any atom is 0.254 e. The van der Waals surface area contributed by atoms with E-state index in [1.165, 1.54) is 44.3 Å². The molecule has 168 valence electrons. The third-order valence-electron chi connectivity index (χ3n) is 5.20. The van der Waals surface area contributed by atoms with E-state index in [0.29, 0.717) is 11.1 Å². The average Bonchev–Trinajstić information content (AvgIpc) is 2.75. The van der Waals surface area contributed by atoms with Gasteiger partial charge in [-0.1, -0.05) is 23.7 Å². The lowest BCUT2D eigenvalue weighted by molar-refractivity contribution is -0.314. The first-order valence-electron chi connectivity index (χ1n) is 9.43. The molecule has 0 saturated carbocycles. The summed E-state index contributed by atoms with van der Waals surface area (Å²) < 4.78 is 24.9. The molecule has 0 spiro atoms. The van der Waals surface area contributed by atoms with Crippen LogP contribution in [0.15, 0.2) is 36.4 Å². The van der Waals surface area contributed by atoms with Crippen LogP contribution in [0, 0.1) is 5.82 Å². The van der Waals surface area contributed by atoms with Crippen molar-refractivity contribution < 1.29 is 39.1 Å². The van der Waals surface area contributed by atoms with Crippen molar-refractivity contribution in [2.24, 2.45) is 0 Å². The van der Waals surface area contributed by atoms with Crippen molar-refractivity contribution in [2.75, 3.05) is 13.7 Å². The van der Waals surface area contributed by atoms with Crippen molar-refractivity contribution in [3.05, 3.63) is 52.8 Å². The number of rotatable bonds is 5. The van der Waals surface area contributed by atoms with Crippen LogP contribution in [0.5, 0.6) is 5.75 Å². The Balaban J connectivity index is 1.87. The summed E-state index contributed by atoms with van der Waals surface area (Å²) in [4.78, 5) is 11.8. The van der Waals surface area contributed by atoms with Gasteiger partial charge in [0, 0.05) is 7.05 Å². The maximum atomic E-state index is 13.9. The molecular formula is C21H23ClFNO7. The summed E-state index contributed by atoms with van der Waals surface area (Å²) in [5, 5.41) is 42.5. The fraction of sp³-hybridized carbons (Fsp3) is 0.381. The number of carbonyl (C=O) groups excluding carboxylic acids is 1. The van der Waals surface area contributed by atoms with E-state index >= 15 is 0 Å². The van der Waals surface area contributed by atoms with Crippen LogP contribution >= 0.6 is 11.6 Å². The first-order chi connectivity index (χ1) is 14.6. The first-order valence-corrected chi connectivity index (χ1v) is 9.81. The number of hydrogen-bond donors (Lipinski definition) is 5. The zero-order valence-electron chi connectivity index (χ0n) is 16.8. The Bertz CT molecular complexity index is 971. The summed E-state index contributed by atoms with van der Waals surface area (Å²) in [6.07, 6.45) is -5.74. The van der Waals surface area contributed by atoms with Crippen molar-refractivity contribution in [2.45, 2.75) is 37.1 Å². The fourth-order valence-corrected chi connectivity index (χ4v) is 3.49. The van der Waals surface area contributed by atoms with E-state index in [2.05, 4.69) is 5.32 Å². The standard InChI is InChI=1S/C21H23ClFNO7/c1-21(29)18(27)17(26)16(9-25)31-20(21)30-15-6-4-11(8-13(15)22)10-3-5-14(23)12(7-10)19(28)24-2/h3-8,16-18,20,25-27,29H,9H2,1-2H3,(H,24,28)/t16-,17-,18+,20+,21+/m1/s1. The largest absolute Gasteiger partial charge is 0.460 e. The Morgan fingerprint density at radius 1 is 1.26 bits per heavy atom.